The quantitative estimate of drug-likeness (QED) is 0.745. The number of nitrogens with one attached hydrogen (secondary N) is 1. The Kier molecular flexibility index (Phi) is 4.36. The van der Waals surface area contributed by atoms with Crippen molar-refractivity contribution in [3.05, 3.63) is 48.5 Å². The Morgan fingerprint density at radius 2 is 2.12 bits per heavy atom. The zero-order valence-electron chi connectivity index (χ0n) is 14.2. The molecule has 1 fully saturated rings. The highest BCUT2D eigenvalue weighted by Gasteiger charge is 2.34. The molecule has 1 aliphatic heterocycles. The maximum Gasteiger partial charge on any atom is 0.256 e. The van der Waals surface area contributed by atoms with Gasteiger partial charge in [-0.05, 0) is 18.6 Å². The third kappa shape index (κ3) is 2.93. The van der Waals surface area contributed by atoms with Gasteiger partial charge in [-0.3, -0.25) is 9.36 Å². The first-order chi connectivity index (χ1) is 12.7. The summed E-state index contributed by atoms with van der Waals surface area (Å²) in [6.45, 7) is 1.97. The zero-order chi connectivity index (χ0) is 18.1. The van der Waals surface area contributed by atoms with Gasteiger partial charge in [-0.2, -0.15) is 0 Å². The van der Waals surface area contributed by atoms with Gasteiger partial charge in [0.25, 0.3) is 5.91 Å². The molecule has 1 amide bonds. The van der Waals surface area contributed by atoms with Crippen LogP contribution in [0.3, 0.4) is 0 Å². The summed E-state index contributed by atoms with van der Waals surface area (Å²) in [5.41, 5.74) is 1.57. The molecule has 0 bridgehead atoms. The normalized spacial score (nSPS) is 22.6. The van der Waals surface area contributed by atoms with Crippen LogP contribution in [-0.4, -0.2) is 42.7 Å². The lowest BCUT2D eigenvalue weighted by Gasteiger charge is -2.14. The van der Waals surface area contributed by atoms with E-state index in [0.29, 0.717) is 29.0 Å². The number of fused-ring (bicyclic) bond motifs is 1. The third-order valence-electron chi connectivity index (χ3n) is 4.54. The average molecular weight is 353 g/mol. The smallest absolute Gasteiger partial charge is 0.256 e. The molecule has 8 heteroatoms. The van der Waals surface area contributed by atoms with E-state index in [9.17, 15) is 9.90 Å². The molecule has 1 saturated heterocycles. The van der Waals surface area contributed by atoms with Gasteiger partial charge in [-0.1, -0.05) is 25.1 Å². The van der Waals surface area contributed by atoms with Crippen LogP contribution in [-0.2, 0) is 4.74 Å². The van der Waals surface area contributed by atoms with Crippen LogP contribution in [0.5, 0.6) is 0 Å². The molecule has 134 valence electrons. The van der Waals surface area contributed by atoms with Gasteiger partial charge in [-0.25, -0.2) is 15.0 Å². The van der Waals surface area contributed by atoms with E-state index in [0.717, 1.165) is 6.42 Å². The number of rotatable bonds is 4. The fraction of sp³-hybridized carbons (Fsp3) is 0.333. The molecule has 4 rings (SSSR count). The number of anilines is 1. The second-order valence-electron chi connectivity index (χ2n) is 6.21. The summed E-state index contributed by atoms with van der Waals surface area (Å²) in [5.74, 6) is 0.0759. The topological polar surface area (TPSA) is 102 Å². The number of aliphatic hydroxyl groups excluding tert-OH is 1. The number of amides is 1. The highest BCUT2D eigenvalue weighted by atomic mass is 16.5. The van der Waals surface area contributed by atoms with Crippen LogP contribution in [0.4, 0.5) is 5.82 Å². The molecule has 3 heterocycles. The summed E-state index contributed by atoms with van der Waals surface area (Å²) in [6, 6.07) is 8.90. The molecule has 0 unspecified atom stereocenters. The number of ether oxygens (including phenoxy) is 1. The molecular formula is C18H19N5O3. The van der Waals surface area contributed by atoms with Crippen molar-refractivity contribution in [1.82, 2.24) is 19.5 Å². The Balaban J connectivity index is 1.63. The lowest BCUT2D eigenvalue weighted by Crippen LogP contribution is -2.19. The van der Waals surface area contributed by atoms with Crippen molar-refractivity contribution in [2.75, 3.05) is 5.32 Å². The Hall–Kier alpha value is -2.84. The second kappa shape index (κ2) is 6.81. The minimum absolute atomic E-state index is 0.198. The van der Waals surface area contributed by atoms with E-state index in [1.165, 1.54) is 6.33 Å². The van der Waals surface area contributed by atoms with Crippen molar-refractivity contribution in [2.45, 2.75) is 38.2 Å². The summed E-state index contributed by atoms with van der Waals surface area (Å²) < 4.78 is 7.66. The number of aromatic nitrogens is 4. The molecule has 8 nitrogen and oxygen atoms in total. The van der Waals surface area contributed by atoms with Crippen LogP contribution in [0.25, 0.3) is 11.2 Å². The van der Waals surface area contributed by atoms with Crippen molar-refractivity contribution >= 4 is 22.9 Å². The first-order valence-electron chi connectivity index (χ1n) is 8.55. The number of benzene rings is 1. The van der Waals surface area contributed by atoms with Gasteiger partial charge in [0.1, 0.15) is 12.6 Å². The Bertz CT molecular complexity index is 927. The first-order valence-corrected chi connectivity index (χ1v) is 8.55. The van der Waals surface area contributed by atoms with Crippen molar-refractivity contribution < 1.29 is 14.6 Å². The van der Waals surface area contributed by atoms with Crippen LogP contribution in [0, 0.1) is 0 Å². The predicted molar refractivity (Wildman–Crippen MR) is 94.5 cm³/mol. The monoisotopic (exact) mass is 353 g/mol. The predicted octanol–water partition coefficient (Wildman–Crippen LogP) is 2.14. The maximum absolute atomic E-state index is 12.4. The average Bonchev–Trinajstić information content (AvgIpc) is 3.26. The largest absolute Gasteiger partial charge is 0.390 e. The molecule has 26 heavy (non-hydrogen) atoms. The highest BCUT2D eigenvalue weighted by molar-refractivity contribution is 6.06. The molecule has 3 aromatic rings. The fourth-order valence-electron chi connectivity index (χ4n) is 3.18. The summed E-state index contributed by atoms with van der Waals surface area (Å²) in [5, 5.41) is 12.9. The minimum atomic E-state index is -0.512. The van der Waals surface area contributed by atoms with Crippen LogP contribution in [0.1, 0.15) is 36.4 Å². The second-order valence-corrected chi connectivity index (χ2v) is 6.21. The number of carbonyl (C=O) groups excluding carboxylic acids is 1. The van der Waals surface area contributed by atoms with Gasteiger partial charge in [0.05, 0.1) is 18.5 Å². The molecule has 2 N–H and O–H groups in total. The molecule has 0 aliphatic carbocycles. The molecule has 0 saturated carbocycles. The van der Waals surface area contributed by atoms with E-state index < -0.39 is 6.10 Å². The van der Waals surface area contributed by atoms with Gasteiger partial charge in [0.2, 0.25) is 0 Å². The summed E-state index contributed by atoms with van der Waals surface area (Å²) >= 11 is 0. The number of nitrogens with zero attached hydrogens (tertiary/aromatic N) is 4. The van der Waals surface area contributed by atoms with E-state index >= 15 is 0 Å². The number of hydrogen-bond acceptors (Lipinski definition) is 6. The number of hydrogen-bond donors (Lipinski definition) is 2. The van der Waals surface area contributed by atoms with Crippen molar-refractivity contribution in [3.63, 3.8) is 0 Å². The Morgan fingerprint density at radius 1 is 1.31 bits per heavy atom. The third-order valence-corrected chi connectivity index (χ3v) is 4.54. The van der Waals surface area contributed by atoms with Crippen LogP contribution in [0.2, 0.25) is 0 Å². The van der Waals surface area contributed by atoms with Gasteiger partial charge >= 0.3 is 0 Å². The van der Waals surface area contributed by atoms with Crippen LogP contribution < -0.4 is 5.32 Å². The molecule has 0 radical (unpaired) electrons. The maximum atomic E-state index is 12.4. The number of imidazole rings is 1. The van der Waals surface area contributed by atoms with E-state index in [1.807, 2.05) is 13.0 Å². The van der Waals surface area contributed by atoms with E-state index in [1.54, 1.807) is 35.2 Å². The van der Waals surface area contributed by atoms with Gasteiger partial charge in [0, 0.05) is 12.0 Å². The molecule has 2 aromatic heterocycles. The highest BCUT2D eigenvalue weighted by Crippen LogP contribution is 2.32. The van der Waals surface area contributed by atoms with Crippen molar-refractivity contribution in [1.29, 1.82) is 0 Å². The number of aliphatic hydroxyl groups is 1. The van der Waals surface area contributed by atoms with Gasteiger partial charge in [0.15, 0.2) is 17.0 Å². The van der Waals surface area contributed by atoms with Crippen molar-refractivity contribution in [3.8, 4) is 0 Å². The van der Waals surface area contributed by atoms with Gasteiger partial charge < -0.3 is 15.2 Å². The molecule has 0 spiro atoms. The molecular weight excluding hydrogens is 334 g/mol. The standard InChI is InChI=1S/C18H19N5O3/c1-2-13-12(24)8-14(26-13)23-10-21-15-16(19-9-20-17(15)23)22-18(25)11-6-4-3-5-7-11/h3-7,9-10,12-14,24H,2,8H2,1H3,(H,19,20,22,25)/t12-,13-,14-/m1/s1. The SMILES string of the molecule is CC[C@H]1O[C@@H](n2cnc3c(NC(=O)c4ccccc4)ncnc32)C[C@H]1O. The van der Waals surface area contributed by atoms with Crippen LogP contribution >= 0.6 is 0 Å². The molecule has 1 aromatic carbocycles. The van der Waals surface area contributed by atoms with Gasteiger partial charge in [-0.15, -0.1) is 0 Å². The lowest BCUT2D eigenvalue weighted by atomic mass is 10.1. The molecule has 3 atom stereocenters. The van der Waals surface area contributed by atoms with E-state index in [4.69, 9.17) is 4.74 Å². The van der Waals surface area contributed by atoms with Crippen LogP contribution in [0.15, 0.2) is 43.0 Å². The summed E-state index contributed by atoms with van der Waals surface area (Å²) in [6.07, 6.45) is 3.14. The number of carbonyl (C=O) groups is 1. The first kappa shape index (κ1) is 16.6. The Morgan fingerprint density at radius 3 is 2.85 bits per heavy atom. The van der Waals surface area contributed by atoms with E-state index in [2.05, 4.69) is 20.3 Å². The summed E-state index contributed by atoms with van der Waals surface area (Å²) in [7, 11) is 0. The minimum Gasteiger partial charge on any atom is -0.390 e. The lowest BCUT2D eigenvalue weighted by molar-refractivity contribution is -0.0183. The van der Waals surface area contributed by atoms with Crippen molar-refractivity contribution in [2.24, 2.45) is 0 Å². The summed E-state index contributed by atoms with van der Waals surface area (Å²) in [4.78, 5) is 25.2. The van der Waals surface area contributed by atoms with E-state index in [-0.39, 0.29) is 18.2 Å². The fourth-order valence-corrected chi connectivity index (χ4v) is 3.18. The molecule has 1 aliphatic rings. The zero-order valence-corrected chi connectivity index (χ0v) is 14.2. The Labute approximate surface area is 149 Å².